The van der Waals surface area contributed by atoms with Crippen LogP contribution in [0.1, 0.15) is 22.1 Å². The molecule has 2 aromatic rings. The Kier molecular flexibility index (Phi) is 3.52. The van der Waals surface area contributed by atoms with E-state index in [2.05, 4.69) is 25.8 Å². The minimum Gasteiger partial charge on any atom is -0.372 e. The van der Waals surface area contributed by atoms with E-state index in [0.29, 0.717) is 23.1 Å². The fourth-order valence-corrected chi connectivity index (χ4v) is 1.46. The van der Waals surface area contributed by atoms with Crippen LogP contribution < -0.4 is 10.6 Å². The molecule has 0 saturated heterocycles. The summed E-state index contributed by atoms with van der Waals surface area (Å²) in [6.07, 6.45) is 1.62. The molecule has 18 heavy (non-hydrogen) atoms. The van der Waals surface area contributed by atoms with Crippen molar-refractivity contribution in [1.82, 2.24) is 20.4 Å². The Morgan fingerprint density at radius 2 is 2.33 bits per heavy atom. The molecule has 2 N–H and O–H groups in total. The van der Waals surface area contributed by atoms with E-state index in [9.17, 15) is 4.79 Å². The monoisotopic (exact) mass is 247 g/mol. The Labute approximate surface area is 104 Å². The van der Waals surface area contributed by atoms with Gasteiger partial charge in [-0.05, 0) is 12.1 Å². The highest BCUT2D eigenvalue weighted by Gasteiger charge is 2.12. The van der Waals surface area contributed by atoms with Crippen molar-refractivity contribution in [2.45, 2.75) is 13.5 Å². The van der Waals surface area contributed by atoms with Gasteiger partial charge < -0.3 is 15.2 Å². The van der Waals surface area contributed by atoms with Crippen LogP contribution in [0.4, 0.5) is 5.82 Å². The number of nitrogens with zero attached hydrogens (tertiary/aromatic N) is 3. The molecule has 2 aromatic heterocycles. The van der Waals surface area contributed by atoms with Gasteiger partial charge in [-0.1, -0.05) is 5.16 Å². The van der Waals surface area contributed by atoms with E-state index in [1.54, 1.807) is 32.3 Å². The van der Waals surface area contributed by atoms with Gasteiger partial charge in [0.2, 0.25) is 5.89 Å². The smallest absolute Gasteiger partial charge is 0.255 e. The molecule has 7 nitrogen and oxygen atoms in total. The summed E-state index contributed by atoms with van der Waals surface area (Å²) in [7, 11) is 1.71. The third-order valence-electron chi connectivity index (χ3n) is 2.27. The first-order valence-corrected chi connectivity index (χ1v) is 5.41. The summed E-state index contributed by atoms with van der Waals surface area (Å²) in [5.74, 6) is 1.20. The largest absolute Gasteiger partial charge is 0.372 e. The Hall–Kier alpha value is -2.44. The van der Waals surface area contributed by atoms with Gasteiger partial charge in [0.25, 0.3) is 5.91 Å². The summed E-state index contributed by atoms with van der Waals surface area (Å²) in [4.78, 5) is 20.0. The van der Waals surface area contributed by atoms with E-state index in [4.69, 9.17) is 4.52 Å². The van der Waals surface area contributed by atoms with Crippen LogP contribution in [0.3, 0.4) is 0 Å². The Morgan fingerprint density at radius 1 is 1.50 bits per heavy atom. The summed E-state index contributed by atoms with van der Waals surface area (Å²) in [5.41, 5.74) is 0.472. The molecule has 1 amide bonds. The third kappa shape index (κ3) is 2.62. The van der Waals surface area contributed by atoms with E-state index in [1.165, 1.54) is 0 Å². The minimum atomic E-state index is -0.241. The van der Waals surface area contributed by atoms with Gasteiger partial charge in [0.05, 0.1) is 12.1 Å². The third-order valence-corrected chi connectivity index (χ3v) is 2.27. The second-order valence-corrected chi connectivity index (χ2v) is 3.56. The average molecular weight is 247 g/mol. The normalized spacial score (nSPS) is 10.1. The molecule has 7 heteroatoms. The maximum Gasteiger partial charge on any atom is 0.255 e. The molecule has 0 bridgehead atoms. The van der Waals surface area contributed by atoms with Crippen molar-refractivity contribution in [3.8, 4) is 0 Å². The number of hydrogen-bond donors (Lipinski definition) is 2. The number of carbonyl (C=O) groups is 1. The lowest BCUT2D eigenvalue weighted by molar-refractivity contribution is 0.0950. The standard InChI is InChI=1S/C11H13N5O2/c1-7-15-9(16-18-7)6-14-11(17)8-4-3-5-13-10(8)12-2/h3-5H,6H2,1-2H3,(H,12,13)(H,14,17). The summed E-state index contributed by atoms with van der Waals surface area (Å²) in [6.45, 7) is 1.91. The molecule has 94 valence electrons. The fourth-order valence-electron chi connectivity index (χ4n) is 1.46. The Morgan fingerprint density at radius 3 is 3.00 bits per heavy atom. The van der Waals surface area contributed by atoms with Gasteiger partial charge in [0.15, 0.2) is 5.82 Å². The van der Waals surface area contributed by atoms with E-state index < -0.39 is 0 Å². The van der Waals surface area contributed by atoms with E-state index in [1.807, 2.05) is 0 Å². The highest BCUT2D eigenvalue weighted by Crippen LogP contribution is 2.10. The molecule has 0 spiro atoms. The second kappa shape index (κ2) is 5.26. The van der Waals surface area contributed by atoms with Gasteiger partial charge in [-0.15, -0.1) is 0 Å². The second-order valence-electron chi connectivity index (χ2n) is 3.56. The van der Waals surface area contributed by atoms with Gasteiger partial charge in [-0.3, -0.25) is 4.79 Å². The number of aryl methyl sites for hydroxylation is 1. The Balaban J connectivity index is 2.03. The van der Waals surface area contributed by atoms with Gasteiger partial charge in [0, 0.05) is 20.2 Å². The number of pyridine rings is 1. The molecular formula is C11H13N5O2. The molecule has 0 unspecified atom stereocenters. The zero-order valence-electron chi connectivity index (χ0n) is 10.1. The molecule has 0 atom stereocenters. The lowest BCUT2D eigenvalue weighted by Gasteiger charge is -2.06. The van der Waals surface area contributed by atoms with Gasteiger partial charge in [0.1, 0.15) is 5.82 Å². The van der Waals surface area contributed by atoms with Gasteiger partial charge in [-0.2, -0.15) is 4.98 Å². The van der Waals surface area contributed by atoms with Crippen molar-refractivity contribution >= 4 is 11.7 Å². The molecule has 0 aromatic carbocycles. The average Bonchev–Trinajstić information content (AvgIpc) is 2.81. The van der Waals surface area contributed by atoms with E-state index in [-0.39, 0.29) is 12.5 Å². The zero-order valence-corrected chi connectivity index (χ0v) is 10.1. The summed E-state index contributed by atoms with van der Waals surface area (Å²) < 4.78 is 4.81. The molecule has 2 rings (SSSR count). The fraction of sp³-hybridized carbons (Fsp3) is 0.273. The van der Waals surface area contributed by atoms with Crippen molar-refractivity contribution in [2.75, 3.05) is 12.4 Å². The lowest BCUT2D eigenvalue weighted by atomic mass is 10.2. The maximum atomic E-state index is 11.9. The number of rotatable bonds is 4. The molecule has 0 aliphatic carbocycles. The summed E-state index contributed by atoms with van der Waals surface area (Å²) in [6, 6.07) is 3.39. The first-order valence-electron chi connectivity index (χ1n) is 5.41. The van der Waals surface area contributed by atoms with Crippen molar-refractivity contribution in [3.05, 3.63) is 35.6 Å². The first-order chi connectivity index (χ1) is 8.70. The van der Waals surface area contributed by atoms with E-state index in [0.717, 1.165) is 0 Å². The molecule has 2 heterocycles. The van der Waals surface area contributed by atoms with Gasteiger partial charge in [-0.25, -0.2) is 4.98 Å². The van der Waals surface area contributed by atoms with E-state index >= 15 is 0 Å². The summed E-state index contributed by atoms with van der Waals surface area (Å²) in [5, 5.41) is 9.25. The molecule has 0 saturated carbocycles. The zero-order chi connectivity index (χ0) is 13.0. The molecule has 0 aliphatic heterocycles. The van der Waals surface area contributed by atoms with Crippen molar-refractivity contribution in [2.24, 2.45) is 0 Å². The highest BCUT2D eigenvalue weighted by atomic mass is 16.5. The quantitative estimate of drug-likeness (QED) is 0.828. The number of amides is 1. The molecule has 0 radical (unpaired) electrons. The van der Waals surface area contributed by atoms with Crippen LogP contribution in [0.5, 0.6) is 0 Å². The lowest BCUT2D eigenvalue weighted by Crippen LogP contribution is -2.24. The Bertz CT molecular complexity index is 552. The molecular weight excluding hydrogens is 234 g/mol. The van der Waals surface area contributed by atoms with Crippen LogP contribution in [-0.2, 0) is 6.54 Å². The number of carbonyl (C=O) groups excluding carboxylic acids is 1. The summed E-state index contributed by atoms with van der Waals surface area (Å²) >= 11 is 0. The minimum absolute atomic E-state index is 0.216. The van der Waals surface area contributed by atoms with Crippen LogP contribution in [0, 0.1) is 6.92 Å². The van der Waals surface area contributed by atoms with Crippen molar-refractivity contribution < 1.29 is 9.32 Å². The topological polar surface area (TPSA) is 92.9 Å². The van der Waals surface area contributed by atoms with Crippen molar-refractivity contribution in [1.29, 1.82) is 0 Å². The number of hydrogen-bond acceptors (Lipinski definition) is 6. The number of aromatic nitrogens is 3. The SMILES string of the molecule is CNc1ncccc1C(=O)NCc1noc(C)n1. The maximum absolute atomic E-state index is 11.9. The molecule has 0 fully saturated rings. The first kappa shape index (κ1) is 12.0. The number of nitrogens with one attached hydrogen (secondary N) is 2. The van der Waals surface area contributed by atoms with Crippen LogP contribution in [0.2, 0.25) is 0 Å². The van der Waals surface area contributed by atoms with Crippen LogP contribution in [-0.4, -0.2) is 28.1 Å². The predicted octanol–water partition coefficient (Wildman–Crippen LogP) is 0.745. The van der Waals surface area contributed by atoms with Crippen molar-refractivity contribution in [3.63, 3.8) is 0 Å². The van der Waals surface area contributed by atoms with Gasteiger partial charge >= 0.3 is 0 Å². The van der Waals surface area contributed by atoms with Crippen LogP contribution in [0.25, 0.3) is 0 Å². The highest BCUT2D eigenvalue weighted by molar-refractivity contribution is 5.98. The van der Waals surface area contributed by atoms with Crippen LogP contribution in [0.15, 0.2) is 22.9 Å². The number of anilines is 1. The van der Waals surface area contributed by atoms with Crippen LogP contribution >= 0.6 is 0 Å². The molecule has 0 aliphatic rings. The predicted molar refractivity (Wildman–Crippen MR) is 64.0 cm³/mol.